The van der Waals surface area contributed by atoms with Gasteiger partial charge in [0, 0.05) is 14.5 Å². The van der Waals surface area contributed by atoms with Gasteiger partial charge in [0.15, 0.2) is 0 Å². The van der Waals surface area contributed by atoms with Crippen molar-refractivity contribution in [3.05, 3.63) is 61.1 Å². The molecule has 2 aromatic rings. The van der Waals surface area contributed by atoms with E-state index in [1.54, 1.807) is 0 Å². The largest absolute Gasteiger partial charge is 0.487 e. The third kappa shape index (κ3) is 3.25. The van der Waals surface area contributed by atoms with Crippen molar-refractivity contribution in [1.82, 2.24) is 0 Å². The highest BCUT2D eigenvalue weighted by Gasteiger charge is 2.30. The van der Waals surface area contributed by atoms with E-state index in [0.29, 0.717) is 0 Å². The van der Waals surface area contributed by atoms with Crippen molar-refractivity contribution < 1.29 is 4.74 Å². The minimum absolute atomic E-state index is 0.120. The molecule has 0 N–H and O–H groups in total. The molecule has 0 bridgehead atoms. The first kappa shape index (κ1) is 15.6. The van der Waals surface area contributed by atoms with Crippen molar-refractivity contribution in [2.45, 2.75) is 31.2 Å². The highest BCUT2D eigenvalue weighted by molar-refractivity contribution is 14.1. The second kappa shape index (κ2) is 5.74. The lowest BCUT2D eigenvalue weighted by molar-refractivity contribution is 0.138. The summed E-state index contributed by atoms with van der Waals surface area (Å²) in [6, 6.07) is 12.5. The van der Waals surface area contributed by atoms with Crippen LogP contribution in [0.5, 0.6) is 5.75 Å². The number of fused-ring (bicyclic) bond motifs is 1. The van der Waals surface area contributed by atoms with Crippen LogP contribution in [-0.4, -0.2) is 5.60 Å². The van der Waals surface area contributed by atoms with Gasteiger partial charge in [0.1, 0.15) is 11.4 Å². The van der Waals surface area contributed by atoms with Gasteiger partial charge in [-0.05, 0) is 77.4 Å². The summed E-state index contributed by atoms with van der Waals surface area (Å²) >= 11 is 12.6. The maximum atomic E-state index is 6.71. The molecule has 0 amide bonds. The predicted octanol–water partition coefficient (Wildman–Crippen LogP) is 6.10. The standard InChI is InChI=1S/C17H15BrClIO/c1-17(2)9-11-7-10(3-6-15(11)21-17)16(19)13-8-12(20)4-5-14(13)18/h3-8,16H,9H2,1-2H3. The number of hydrogen-bond acceptors (Lipinski definition) is 1. The number of hydrogen-bond donors (Lipinski definition) is 0. The van der Waals surface area contributed by atoms with Gasteiger partial charge in [0.05, 0.1) is 5.38 Å². The summed E-state index contributed by atoms with van der Waals surface area (Å²) in [6.07, 6.45) is 0.924. The van der Waals surface area contributed by atoms with Crippen LogP contribution in [0.4, 0.5) is 0 Å². The van der Waals surface area contributed by atoms with E-state index >= 15 is 0 Å². The molecule has 2 aromatic carbocycles. The van der Waals surface area contributed by atoms with Crippen LogP contribution in [0.2, 0.25) is 0 Å². The van der Waals surface area contributed by atoms with Crippen molar-refractivity contribution in [2.75, 3.05) is 0 Å². The molecule has 3 rings (SSSR count). The fourth-order valence-corrected chi connectivity index (χ4v) is 4.11. The van der Waals surface area contributed by atoms with Gasteiger partial charge >= 0.3 is 0 Å². The first-order chi connectivity index (χ1) is 9.85. The van der Waals surface area contributed by atoms with Gasteiger partial charge in [0.2, 0.25) is 0 Å². The number of rotatable bonds is 2. The van der Waals surface area contributed by atoms with Crippen molar-refractivity contribution in [3.63, 3.8) is 0 Å². The Kier molecular flexibility index (Phi) is 4.27. The van der Waals surface area contributed by atoms with Crippen molar-refractivity contribution >= 4 is 50.1 Å². The molecule has 1 atom stereocenters. The van der Waals surface area contributed by atoms with Crippen molar-refractivity contribution in [3.8, 4) is 5.75 Å². The SMILES string of the molecule is CC1(C)Cc2cc(C(Cl)c3cc(I)ccc3Br)ccc2O1. The van der Waals surface area contributed by atoms with Gasteiger partial charge in [-0.15, -0.1) is 11.6 Å². The lowest BCUT2D eigenvalue weighted by atomic mass is 9.97. The highest BCUT2D eigenvalue weighted by atomic mass is 127. The third-order valence-electron chi connectivity index (χ3n) is 3.61. The molecular weight excluding hydrogens is 462 g/mol. The summed E-state index contributed by atoms with van der Waals surface area (Å²) in [6.45, 7) is 4.22. The summed E-state index contributed by atoms with van der Waals surface area (Å²) in [5.74, 6) is 0.981. The molecule has 1 aliphatic rings. The average Bonchev–Trinajstić information content (AvgIpc) is 2.73. The van der Waals surface area contributed by atoms with E-state index < -0.39 is 0 Å². The summed E-state index contributed by atoms with van der Waals surface area (Å²) < 4.78 is 8.15. The Morgan fingerprint density at radius 3 is 2.76 bits per heavy atom. The first-order valence-corrected chi connectivity index (χ1v) is 9.07. The predicted molar refractivity (Wildman–Crippen MR) is 99.4 cm³/mol. The van der Waals surface area contributed by atoms with Crippen LogP contribution < -0.4 is 4.74 Å². The molecule has 0 spiro atoms. The third-order valence-corrected chi connectivity index (χ3v) is 5.49. The molecule has 0 radical (unpaired) electrons. The summed E-state index contributed by atoms with van der Waals surface area (Å²) in [5, 5.41) is -0.164. The molecular formula is C17H15BrClIO. The van der Waals surface area contributed by atoms with Crippen LogP contribution >= 0.6 is 50.1 Å². The molecule has 0 saturated carbocycles. The number of benzene rings is 2. The van der Waals surface area contributed by atoms with Gasteiger partial charge in [-0.3, -0.25) is 0 Å². The second-order valence-corrected chi connectivity index (χ2v) is 8.47. The van der Waals surface area contributed by atoms with Gasteiger partial charge in [0.25, 0.3) is 0 Å². The fraction of sp³-hybridized carbons (Fsp3) is 0.294. The molecule has 4 heteroatoms. The van der Waals surface area contributed by atoms with E-state index in [1.807, 2.05) is 12.1 Å². The molecule has 1 aliphatic heterocycles. The Morgan fingerprint density at radius 2 is 2.00 bits per heavy atom. The molecule has 1 nitrogen and oxygen atoms in total. The van der Waals surface area contributed by atoms with Crippen molar-refractivity contribution in [2.24, 2.45) is 0 Å². The van der Waals surface area contributed by atoms with Crippen LogP contribution in [0.3, 0.4) is 0 Å². The zero-order valence-electron chi connectivity index (χ0n) is 11.8. The minimum Gasteiger partial charge on any atom is -0.487 e. The van der Waals surface area contributed by atoms with Crippen LogP contribution in [0, 0.1) is 3.57 Å². The number of alkyl halides is 1. The number of ether oxygens (including phenoxy) is 1. The molecule has 0 aliphatic carbocycles. The normalized spacial score (nSPS) is 17.2. The number of halogens is 3. The van der Waals surface area contributed by atoms with Gasteiger partial charge < -0.3 is 4.74 Å². The topological polar surface area (TPSA) is 9.23 Å². The summed E-state index contributed by atoms with van der Waals surface area (Å²) in [7, 11) is 0. The first-order valence-electron chi connectivity index (χ1n) is 6.76. The Morgan fingerprint density at radius 1 is 1.24 bits per heavy atom. The molecule has 21 heavy (non-hydrogen) atoms. The molecule has 1 unspecified atom stereocenters. The molecule has 0 saturated heterocycles. The smallest absolute Gasteiger partial charge is 0.123 e. The van der Waals surface area contributed by atoms with Gasteiger partial charge in [-0.1, -0.05) is 28.1 Å². The Labute approximate surface area is 152 Å². The quantitative estimate of drug-likeness (QED) is 0.375. The second-order valence-electron chi connectivity index (χ2n) is 5.93. The molecule has 1 heterocycles. The molecule has 0 fully saturated rings. The summed E-state index contributed by atoms with van der Waals surface area (Å²) in [4.78, 5) is 0. The van der Waals surface area contributed by atoms with Crippen LogP contribution in [0.15, 0.2) is 40.9 Å². The minimum atomic E-state index is -0.164. The zero-order valence-corrected chi connectivity index (χ0v) is 16.3. The Balaban J connectivity index is 1.97. The lowest BCUT2D eigenvalue weighted by Gasteiger charge is -2.16. The monoisotopic (exact) mass is 476 g/mol. The highest BCUT2D eigenvalue weighted by Crippen LogP contribution is 2.40. The van der Waals surface area contributed by atoms with Gasteiger partial charge in [-0.2, -0.15) is 0 Å². The van der Waals surface area contributed by atoms with E-state index in [2.05, 4.69) is 76.6 Å². The maximum absolute atomic E-state index is 6.71. The van der Waals surface area contributed by atoms with E-state index in [-0.39, 0.29) is 11.0 Å². The van der Waals surface area contributed by atoms with E-state index in [1.165, 1.54) is 9.13 Å². The van der Waals surface area contributed by atoms with E-state index in [4.69, 9.17) is 16.3 Å². The Hall–Kier alpha value is -0.260. The van der Waals surface area contributed by atoms with Crippen LogP contribution in [0.1, 0.15) is 35.9 Å². The van der Waals surface area contributed by atoms with E-state index in [0.717, 1.165) is 27.8 Å². The molecule has 0 aromatic heterocycles. The fourth-order valence-electron chi connectivity index (χ4n) is 2.68. The zero-order chi connectivity index (χ0) is 15.2. The van der Waals surface area contributed by atoms with Crippen LogP contribution in [-0.2, 0) is 6.42 Å². The van der Waals surface area contributed by atoms with Gasteiger partial charge in [-0.25, -0.2) is 0 Å². The van der Waals surface area contributed by atoms with Crippen molar-refractivity contribution in [1.29, 1.82) is 0 Å². The average molecular weight is 478 g/mol. The molecule has 110 valence electrons. The Bertz CT molecular complexity index is 699. The maximum Gasteiger partial charge on any atom is 0.123 e. The van der Waals surface area contributed by atoms with Crippen LogP contribution in [0.25, 0.3) is 0 Å². The van der Waals surface area contributed by atoms with E-state index in [9.17, 15) is 0 Å². The summed E-state index contributed by atoms with van der Waals surface area (Å²) in [5.41, 5.74) is 3.33. The lowest BCUT2D eigenvalue weighted by Crippen LogP contribution is -2.24.